The number of nitro groups is 4. The van der Waals surface area contributed by atoms with E-state index < -0.39 is 141 Å². The molecule has 0 aliphatic heterocycles. The van der Waals surface area contributed by atoms with Crippen LogP contribution < -0.4 is 0 Å². The fourth-order valence-electron chi connectivity index (χ4n) is 7.57. The number of rotatable bonds is 10. The summed E-state index contributed by atoms with van der Waals surface area (Å²) in [6, 6.07) is 3.48. The second-order valence-corrected chi connectivity index (χ2v) is 16.8. The van der Waals surface area contributed by atoms with Gasteiger partial charge in [-0.05, 0) is 65.7 Å². The lowest BCUT2D eigenvalue weighted by molar-refractivity contribution is -0.386. The van der Waals surface area contributed by atoms with Gasteiger partial charge in [-0.1, -0.05) is 19.3 Å². The molecule has 1 aliphatic carbocycles. The number of esters is 2. The van der Waals surface area contributed by atoms with Gasteiger partial charge in [0.05, 0.1) is 78.4 Å². The first-order valence-electron chi connectivity index (χ1n) is 21.9. The van der Waals surface area contributed by atoms with Crippen LogP contribution in [0.1, 0.15) is 126 Å². The molecule has 0 saturated heterocycles. The number of carbonyl (C=O) groups is 4. The SMILES string of the molecule is COC(=O)c1cc([N+](=O)[O-])c(C)cc1C(F)(F)F.COC(=O)c1cc([N+](=O)[O-])c(O)cc1C(F)(F)F.Cc1cc(C(F)(F)F)c(C(=O)N(C(C)C)C2CCCCC2)cc1[N+](=O)[O-].Cc1cc(C(F)(F)F)c(C(=O)O)cc1[N+](=O)[O-]. The van der Waals surface area contributed by atoms with Gasteiger partial charge in [-0.3, -0.25) is 45.3 Å². The Bertz CT molecular complexity index is 2910. The summed E-state index contributed by atoms with van der Waals surface area (Å²) in [5.41, 5.74) is -12.2. The number of hydrogen-bond donors (Lipinski definition) is 2. The van der Waals surface area contributed by atoms with Crippen LogP contribution >= 0.6 is 0 Å². The molecule has 1 fully saturated rings. The van der Waals surface area contributed by atoms with Gasteiger partial charge >= 0.3 is 48.3 Å². The Morgan fingerprint density at radius 1 is 0.519 bits per heavy atom. The number of methoxy groups -OCH3 is 2. The van der Waals surface area contributed by atoms with Crippen LogP contribution in [-0.4, -0.2) is 84.9 Å². The van der Waals surface area contributed by atoms with Crippen molar-refractivity contribution in [1.82, 2.24) is 4.90 Å². The molecule has 0 aromatic heterocycles. The normalized spacial score (nSPS) is 12.8. The van der Waals surface area contributed by atoms with Gasteiger partial charge in [-0.15, -0.1) is 0 Å². The highest BCUT2D eigenvalue weighted by Gasteiger charge is 2.42. The average molecular weight is 1150 g/mol. The fraction of sp³-hybridized carbons (Fsp3) is 0.391. The van der Waals surface area contributed by atoms with Gasteiger partial charge in [0, 0.05) is 59.1 Å². The summed E-state index contributed by atoms with van der Waals surface area (Å²) in [4.78, 5) is 86.6. The van der Waals surface area contributed by atoms with Crippen LogP contribution in [0.5, 0.6) is 5.75 Å². The number of aromatic carboxylic acids is 1. The predicted molar refractivity (Wildman–Crippen MR) is 246 cm³/mol. The van der Waals surface area contributed by atoms with E-state index in [-0.39, 0.29) is 34.8 Å². The Morgan fingerprint density at radius 2 is 0.810 bits per heavy atom. The minimum Gasteiger partial charge on any atom is -0.502 e. The highest BCUT2D eigenvalue weighted by Crippen LogP contribution is 2.41. The van der Waals surface area contributed by atoms with E-state index in [9.17, 15) is 112 Å². The first-order chi connectivity index (χ1) is 36.0. The zero-order valence-corrected chi connectivity index (χ0v) is 41.7. The number of aryl methyl sites for hydroxylation is 3. The van der Waals surface area contributed by atoms with E-state index >= 15 is 0 Å². The molecule has 1 saturated carbocycles. The van der Waals surface area contributed by atoms with Gasteiger partial charge in [0.2, 0.25) is 0 Å². The van der Waals surface area contributed by atoms with Crippen LogP contribution in [0.15, 0.2) is 48.5 Å². The quantitative estimate of drug-likeness (QED) is 0.0645. The number of carbonyl (C=O) groups excluding carboxylic acids is 3. The van der Waals surface area contributed by atoms with Gasteiger partial charge in [-0.2, -0.15) is 52.7 Å². The third-order valence-corrected chi connectivity index (χ3v) is 11.2. The number of nitro benzene ring substituents is 4. The molecule has 0 bridgehead atoms. The first kappa shape index (κ1) is 66.4. The largest absolute Gasteiger partial charge is 0.502 e. The summed E-state index contributed by atoms with van der Waals surface area (Å²) in [5.74, 6) is -6.49. The zero-order chi connectivity index (χ0) is 61.2. The number of phenolic OH excluding ortho intramolecular Hbond substituents is 1. The van der Waals surface area contributed by atoms with Crippen LogP contribution in [0.25, 0.3) is 0 Å². The number of halogens is 12. The molecule has 5 rings (SSSR count). The van der Waals surface area contributed by atoms with E-state index in [0.29, 0.717) is 36.4 Å². The van der Waals surface area contributed by atoms with Gasteiger partial charge in [-0.25, -0.2) is 14.4 Å². The number of benzene rings is 4. The second-order valence-electron chi connectivity index (χ2n) is 16.8. The van der Waals surface area contributed by atoms with Crippen molar-refractivity contribution in [3.05, 3.63) is 150 Å². The number of nitrogens with zero attached hydrogens (tertiary/aromatic N) is 5. The van der Waals surface area contributed by atoms with Crippen molar-refractivity contribution in [2.24, 2.45) is 0 Å². The van der Waals surface area contributed by atoms with Crippen molar-refractivity contribution in [3.8, 4) is 5.75 Å². The maximum atomic E-state index is 13.5. The van der Waals surface area contributed by atoms with Crippen molar-refractivity contribution < 1.29 is 111 Å². The minimum absolute atomic E-state index is 0.115. The predicted octanol–water partition coefficient (Wildman–Crippen LogP) is 12.5. The molecule has 4 aromatic rings. The Hall–Kier alpha value is -8.68. The third-order valence-electron chi connectivity index (χ3n) is 11.2. The molecule has 0 unspecified atom stereocenters. The molecule has 79 heavy (non-hydrogen) atoms. The van der Waals surface area contributed by atoms with E-state index in [1.54, 1.807) is 13.8 Å². The van der Waals surface area contributed by atoms with Crippen molar-refractivity contribution in [2.45, 2.75) is 104 Å². The van der Waals surface area contributed by atoms with Crippen LogP contribution in [0.3, 0.4) is 0 Å². The Labute approximate surface area is 435 Å². The molecule has 0 atom stereocenters. The highest BCUT2D eigenvalue weighted by atomic mass is 19.4. The van der Waals surface area contributed by atoms with Crippen molar-refractivity contribution >= 4 is 46.6 Å². The fourth-order valence-corrected chi connectivity index (χ4v) is 7.57. The number of carboxylic acid groups (broad SMARTS) is 1. The third kappa shape index (κ3) is 17.2. The van der Waals surface area contributed by atoms with Crippen molar-refractivity contribution in [3.63, 3.8) is 0 Å². The summed E-state index contributed by atoms with van der Waals surface area (Å²) >= 11 is 0. The van der Waals surface area contributed by atoms with Crippen LogP contribution in [0.4, 0.5) is 75.4 Å². The lowest BCUT2D eigenvalue weighted by Gasteiger charge is -2.38. The lowest BCUT2D eigenvalue weighted by Crippen LogP contribution is -2.46. The monoisotopic (exact) mass is 1150 g/mol. The summed E-state index contributed by atoms with van der Waals surface area (Å²) in [6.07, 6.45) is -15.0. The topological polar surface area (TPSA) is 303 Å². The van der Waals surface area contributed by atoms with E-state index in [1.807, 2.05) is 0 Å². The number of aromatic hydroxyl groups is 1. The molecule has 0 spiro atoms. The second kappa shape index (κ2) is 26.1. The van der Waals surface area contributed by atoms with Crippen molar-refractivity contribution in [1.29, 1.82) is 0 Å². The first-order valence-corrected chi connectivity index (χ1v) is 21.9. The minimum atomic E-state index is -4.95. The average Bonchev–Trinajstić information content (AvgIpc) is 3.32. The Balaban J connectivity index is 0.000000366. The Morgan fingerprint density at radius 3 is 1.11 bits per heavy atom. The zero-order valence-electron chi connectivity index (χ0n) is 41.7. The van der Waals surface area contributed by atoms with E-state index in [1.165, 1.54) is 11.8 Å². The molecule has 2 N–H and O–H groups in total. The highest BCUT2D eigenvalue weighted by molar-refractivity contribution is 5.97. The van der Waals surface area contributed by atoms with E-state index in [2.05, 4.69) is 9.47 Å². The van der Waals surface area contributed by atoms with Crippen LogP contribution in [0, 0.1) is 61.2 Å². The maximum Gasteiger partial charge on any atom is 0.417 e. The summed E-state index contributed by atoms with van der Waals surface area (Å²) < 4.78 is 162. The Kier molecular flexibility index (Phi) is 22.0. The standard InChI is InChI=1S/C18H23F3N2O3.C10H8F3NO4.C9H6F3NO5.C9H6F3NO4/c1-11(2)22(13-7-5-4-6-8-13)17(24)14-10-16(23(25)26)12(3)9-15(14)18(19,20)21;1-5-3-7(10(11,12)13)6(9(15)18-2)4-8(5)14(16)17;1-18-8(15)4-2-6(13(16)17)7(14)3-5(4)9(10,11)12;1-4-2-6(9(10,11)12)5(8(14)15)3-7(4)13(16)17/h9-11,13H,4-8H2,1-3H3;3-4H,1-2H3;2-3,14H,1H3;2-3H,1H3,(H,14,15). The molecule has 0 heterocycles. The lowest BCUT2D eigenvalue weighted by atomic mass is 9.92. The van der Waals surface area contributed by atoms with Gasteiger partial charge in [0.15, 0.2) is 5.75 Å². The maximum absolute atomic E-state index is 13.5. The number of carboxylic acids is 1. The summed E-state index contributed by atoms with van der Waals surface area (Å²) in [6.45, 7) is 7.02. The number of phenols is 1. The molecule has 21 nitrogen and oxygen atoms in total. The van der Waals surface area contributed by atoms with Crippen LogP contribution in [-0.2, 0) is 34.2 Å². The van der Waals surface area contributed by atoms with E-state index in [0.717, 1.165) is 66.2 Å². The number of amides is 1. The molecule has 0 radical (unpaired) electrons. The molecular weight excluding hydrogens is 1110 g/mol. The summed E-state index contributed by atoms with van der Waals surface area (Å²) in [7, 11) is 1.73. The van der Waals surface area contributed by atoms with Crippen LogP contribution in [0.2, 0.25) is 0 Å². The number of alkyl halides is 12. The summed E-state index contributed by atoms with van der Waals surface area (Å²) in [5, 5.41) is 60.4. The molecule has 4 aromatic carbocycles. The number of hydrogen-bond acceptors (Lipinski definition) is 15. The van der Waals surface area contributed by atoms with Gasteiger partial charge in [0.25, 0.3) is 23.0 Å². The van der Waals surface area contributed by atoms with Gasteiger partial charge < -0.3 is 24.6 Å². The van der Waals surface area contributed by atoms with Crippen molar-refractivity contribution in [2.75, 3.05) is 14.2 Å². The molecule has 1 amide bonds. The van der Waals surface area contributed by atoms with Gasteiger partial charge in [0.1, 0.15) is 0 Å². The molecular formula is C46H43F12N5O16. The van der Waals surface area contributed by atoms with E-state index in [4.69, 9.17) is 10.2 Å². The smallest absolute Gasteiger partial charge is 0.417 e. The molecule has 432 valence electrons. The molecule has 33 heteroatoms. The molecule has 1 aliphatic rings. The number of ether oxygens (including phenoxy) is 2.